The van der Waals surface area contributed by atoms with Crippen molar-refractivity contribution in [2.75, 3.05) is 37.7 Å². The van der Waals surface area contributed by atoms with Crippen molar-refractivity contribution in [2.24, 2.45) is 0 Å². The first-order chi connectivity index (χ1) is 12.2. The molecule has 1 aromatic heterocycles. The van der Waals surface area contributed by atoms with Crippen molar-refractivity contribution in [1.82, 2.24) is 14.9 Å². The van der Waals surface area contributed by atoms with Crippen molar-refractivity contribution in [1.29, 1.82) is 0 Å². The molecule has 1 saturated heterocycles. The minimum atomic E-state index is -0.238. The highest BCUT2D eigenvalue weighted by molar-refractivity contribution is 5.95. The Morgan fingerprint density at radius 3 is 2.44 bits per heavy atom. The largest absolute Gasteiger partial charge is 0.450 e. The third-order valence-corrected chi connectivity index (χ3v) is 4.53. The van der Waals surface area contributed by atoms with E-state index in [2.05, 4.69) is 34.1 Å². The van der Waals surface area contributed by atoms with E-state index in [1.807, 2.05) is 25.3 Å². The van der Waals surface area contributed by atoms with Gasteiger partial charge in [0.15, 0.2) is 0 Å². The second kappa shape index (κ2) is 6.55. The van der Waals surface area contributed by atoms with Gasteiger partial charge in [0.1, 0.15) is 5.82 Å². The summed E-state index contributed by atoms with van der Waals surface area (Å²) in [6.07, 6.45) is 1.58. The van der Waals surface area contributed by atoms with Crippen LogP contribution in [0.25, 0.3) is 21.8 Å². The Labute approximate surface area is 146 Å². The van der Waals surface area contributed by atoms with Crippen LogP contribution < -0.4 is 4.90 Å². The van der Waals surface area contributed by atoms with Gasteiger partial charge in [-0.2, -0.15) is 0 Å². The molecule has 1 aliphatic heterocycles. The second-order valence-corrected chi connectivity index (χ2v) is 6.09. The average molecular weight is 336 g/mol. The van der Waals surface area contributed by atoms with E-state index in [1.165, 1.54) is 5.39 Å². The molecule has 2 aromatic carbocycles. The SMILES string of the molecule is CCOC(=O)N1CCN(c2cnc3cc4ccccc4cc3n2)CC1. The third-order valence-electron chi connectivity index (χ3n) is 4.53. The molecule has 6 heteroatoms. The van der Waals surface area contributed by atoms with E-state index in [1.54, 1.807) is 4.90 Å². The monoisotopic (exact) mass is 336 g/mol. The predicted molar refractivity (Wildman–Crippen MR) is 97.9 cm³/mol. The molecule has 0 bridgehead atoms. The van der Waals surface area contributed by atoms with Crippen molar-refractivity contribution in [3.63, 3.8) is 0 Å². The maximum atomic E-state index is 11.8. The van der Waals surface area contributed by atoms with Gasteiger partial charge in [-0.1, -0.05) is 24.3 Å². The molecule has 0 aliphatic carbocycles. The van der Waals surface area contributed by atoms with E-state index in [4.69, 9.17) is 9.72 Å². The third kappa shape index (κ3) is 3.07. The lowest BCUT2D eigenvalue weighted by Crippen LogP contribution is -2.49. The normalized spacial score (nSPS) is 14.9. The molecule has 3 aromatic rings. The number of hydrogen-bond acceptors (Lipinski definition) is 5. The van der Waals surface area contributed by atoms with Crippen molar-refractivity contribution in [3.05, 3.63) is 42.6 Å². The van der Waals surface area contributed by atoms with Crippen molar-refractivity contribution in [3.8, 4) is 0 Å². The molecule has 1 fully saturated rings. The van der Waals surface area contributed by atoms with Gasteiger partial charge in [-0.25, -0.2) is 9.78 Å². The Balaban J connectivity index is 1.56. The first kappa shape index (κ1) is 15.6. The molecule has 0 N–H and O–H groups in total. The number of amides is 1. The Morgan fingerprint density at radius 2 is 1.76 bits per heavy atom. The fraction of sp³-hybridized carbons (Fsp3) is 0.316. The summed E-state index contributed by atoms with van der Waals surface area (Å²) in [5.74, 6) is 0.853. The van der Waals surface area contributed by atoms with E-state index in [0.717, 1.165) is 35.3 Å². The average Bonchev–Trinajstić information content (AvgIpc) is 2.66. The molecule has 1 amide bonds. The van der Waals surface area contributed by atoms with Crippen LogP contribution in [-0.4, -0.2) is 53.7 Å². The quantitative estimate of drug-likeness (QED) is 0.673. The number of benzene rings is 2. The fourth-order valence-corrected chi connectivity index (χ4v) is 3.17. The number of carbonyl (C=O) groups is 1. The summed E-state index contributed by atoms with van der Waals surface area (Å²) < 4.78 is 5.06. The molecule has 2 heterocycles. The lowest BCUT2D eigenvalue weighted by Gasteiger charge is -2.34. The van der Waals surface area contributed by atoms with Gasteiger partial charge in [-0.05, 0) is 29.8 Å². The summed E-state index contributed by atoms with van der Waals surface area (Å²) in [4.78, 5) is 25.1. The molecule has 1 aliphatic rings. The maximum absolute atomic E-state index is 11.8. The highest BCUT2D eigenvalue weighted by atomic mass is 16.6. The lowest BCUT2D eigenvalue weighted by molar-refractivity contribution is 0.105. The van der Waals surface area contributed by atoms with Crippen LogP contribution in [0.3, 0.4) is 0 Å². The minimum Gasteiger partial charge on any atom is -0.450 e. The zero-order valence-electron chi connectivity index (χ0n) is 14.2. The van der Waals surface area contributed by atoms with Crippen LogP contribution in [0, 0.1) is 0 Å². The number of ether oxygens (including phenoxy) is 1. The second-order valence-electron chi connectivity index (χ2n) is 6.09. The van der Waals surface area contributed by atoms with Gasteiger partial charge >= 0.3 is 6.09 Å². The van der Waals surface area contributed by atoms with E-state index in [0.29, 0.717) is 19.7 Å². The van der Waals surface area contributed by atoms with Gasteiger partial charge in [0.05, 0.1) is 23.8 Å². The number of carbonyl (C=O) groups excluding carboxylic acids is 1. The van der Waals surface area contributed by atoms with Crippen LogP contribution in [0.2, 0.25) is 0 Å². The van der Waals surface area contributed by atoms with Crippen LogP contribution in [-0.2, 0) is 4.74 Å². The smallest absolute Gasteiger partial charge is 0.409 e. The van der Waals surface area contributed by atoms with Crippen LogP contribution in [0.1, 0.15) is 6.92 Å². The minimum absolute atomic E-state index is 0.238. The zero-order valence-corrected chi connectivity index (χ0v) is 14.2. The molecule has 25 heavy (non-hydrogen) atoms. The van der Waals surface area contributed by atoms with Crippen LogP contribution in [0.5, 0.6) is 0 Å². The number of hydrogen-bond donors (Lipinski definition) is 0. The molecule has 6 nitrogen and oxygen atoms in total. The summed E-state index contributed by atoms with van der Waals surface area (Å²) in [7, 11) is 0. The maximum Gasteiger partial charge on any atom is 0.409 e. The standard InChI is InChI=1S/C19H20N4O2/c1-2-25-19(24)23-9-7-22(8-10-23)18-13-20-16-11-14-5-3-4-6-15(14)12-17(16)21-18/h3-6,11-13H,2,7-10H2,1H3. The lowest BCUT2D eigenvalue weighted by atomic mass is 10.1. The summed E-state index contributed by atoms with van der Waals surface area (Å²) in [6.45, 7) is 4.96. The predicted octanol–water partition coefficient (Wildman–Crippen LogP) is 3.06. The Hall–Kier alpha value is -2.89. The highest BCUT2D eigenvalue weighted by Crippen LogP contribution is 2.22. The van der Waals surface area contributed by atoms with Crippen molar-refractivity contribution >= 4 is 33.7 Å². The van der Waals surface area contributed by atoms with Gasteiger partial charge in [0.25, 0.3) is 0 Å². The summed E-state index contributed by atoms with van der Waals surface area (Å²) >= 11 is 0. The van der Waals surface area contributed by atoms with Gasteiger partial charge in [-0.3, -0.25) is 4.98 Å². The number of anilines is 1. The van der Waals surface area contributed by atoms with E-state index >= 15 is 0 Å². The van der Waals surface area contributed by atoms with Crippen molar-refractivity contribution in [2.45, 2.75) is 6.92 Å². The van der Waals surface area contributed by atoms with Gasteiger partial charge in [-0.15, -0.1) is 0 Å². The highest BCUT2D eigenvalue weighted by Gasteiger charge is 2.23. The zero-order chi connectivity index (χ0) is 17.2. The molecule has 0 spiro atoms. The number of fused-ring (bicyclic) bond motifs is 2. The van der Waals surface area contributed by atoms with Crippen molar-refractivity contribution < 1.29 is 9.53 Å². The number of nitrogens with zero attached hydrogens (tertiary/aromatic N) is 4. The number of piperazine rings is 1. The molecule has 0 atom stereocenters. The summed E-state index contributed by atoms with van der Waals surface area (Å²) in [5.41, 5.74) is 1.79. The van der Waals surface area contributed by atoms with Gasteiger partial charge in [0, 0.05) is 26.2 Å². The Kier molecular flexibility index (Phi) is 4.09. The number of rotatable bonds is 2. The first-order valence-electron chi connectivity index (χ1n) is 8.57. The molecule has 0 unspecified atom stereocenters. The molecule has 0 radical (unpaired) electrons. The van der Waals surface area contributed by atoms with Gasteiger partial charge in [0.2, 0.25) is 0 Å². The number of aromatic nitrogens is 2. The molecule has 4 rings (SSSR count). The van der Waals surface area contributed by atoms with Crippen LogP contribution >= 0.6 is 0 Å². The molecular weight excluding hydrogens is 316 g/mol. The van der Waals surface area contributed by atoms with E-state index < -0.39 is 0 Å². The van der Waals surface area contributed by atoms with E-state index in [-0.39, 0.29) is 6.09 Å². The fourth-order valence-electron chi connectivity index (χ4n) is 3.17. The van der Waals surface area contributed by atoms with Crippen LogP contribution in [0.15, 0.2) is 42.6 Å². The van der Waals surface area contributed by atoms with E-state index in [9.17, 15) is 4.79 Å². The summed E-state index contributed by atoms with van der Waals surface area (Å²) in [5, 5.41) is 2.33. The topological polar surface area (TPSA) is 58.6 Å². The molecule has 0 saturated carbocycles. The molecule has 128 valence electrons. The Bertz CT molecular complexity index is 920. The molecular formula is C19H20N4O2. The van der Waals surface area contributed by atoms with Gasteiger partial charge < -0.3 is 14.5 Å². The Morgan fingerprint density at radius 1 is 1.08 bits per heavy atom. The van der Waals surface area contributed by atoms with Crippen LogP contribution in [0.4, 0.5) is 10.6 Å². The summed E-state index contributed by atoms with van der Waals surface area (Å²) in [6, 6.07) is 12.4. The first-order valence-corrected chi connectivity index (χ1v) is 8.57.